The molecule has 1 heterocycles. The quantitative estimate of drug-likeness (QED) is 0.291. The number of amides is 3. The molecule has 9 heteroatoms. The first-order chi connectivity index (χ1) is 18.2. The van der Waals surface area contributed by atoms with Crippen LogP contribution in [0.4, 0.5) is 17.1 Å². The average molecular weight is 532 g/mol. The van der Waals surface area contributed by atoms with Gasteiger partial charge < -0.3 is 15.4 Å². The van der Waals surface area contributed by atoms with Crippen LogP contribution in [0, 0.1) is 13.8 Å². The first-order valence-electron chi connectivity index (χ1n) is 12.0. The summed E-state index contributed by atoms with van der Waals surface area (Å²) in [7, 11) is 0. The van der Waals surface area contributed by atoms with E-state index in [0.29, 0.717) is 23.4 Å². The number of aryl methyl sites for hydroxylation is 2. The largest absolute Gasteiger partial charge is 0.462 e. The number of nitrogens with zero attached hydrogens (tertiary/aromatic N) is 1. The van der Waals surface area contributed by atoms with Crippen LogP contribution < -0.4 is 15.5 Å². The first kappa shape index (κ1) is 26.6. The molecule has 0 unspecified atom stereocenters. The van der Waals surface area contributed by atoms with Gasteiger partial charge in [0.15, 0.2) is 0 Å². The van der Waals surface area contributed by atoms with Crippen molar-refractivity contribution in [2.75, 3.05) is 22.1 Å². The maximum atomic E-state index is 13.3. The number of para-hydroxylation sites is 1. The Labute approximate surface area is 225 Å². The highest BCUT2D eigenvalue weighted by molar-refractivity contribution is 6.53. The highest BCUT2D eigenvalue weighted by Gasteiger charge is 2.40. The minimum Gasteiger partial charge on any atom is -0.462 e. The fraction of sp³-hybridized carbons (Fsp3) is 0.172. The minimum absolute atomic E-state index is 0.0679. The Morgan fingerprint density at radius 3 is 2.39 bits per heavy atom. The SMILES string of the molecule is CCCOC(=O)c1ccccc1N1C(=O)C(Cl)=C(Nc2cccc(C(=O)Nc3ccc(C)c(C)c3)c2)C1=O. The predicted molar refractivity (Wildman–Crippen MR) is 146 cm³/mol. The van der Waals surface area contributed by atoms with E-state index in [2.05, 4.69) is 10.6 Å². The molecule has 3 aromatic carbocycles. The number of benzene rings is 3. The van der Waals surface area contributed by atoms with Gasteiger partial charge in [0.25, 0.3) is 17.7 Å². The van der Waals surface area contributed by atoms with Gasteiger partial charge in [0.1, 0.15) is 10.7 Å². The Bertz CT molecular complexity index is 1480. The Balaban J connectivity index is 1.55. The topological polar surface area (TPSA) is 105 Å². The summed E-state index contributed by atoms with van der Waals surface area (Å²) in [4.78, 5) is 52.5. The highest BCUT2D eigenvalue weighted by atomic mass is 35.5. The van der Waals surface area contributed by atoms with Crippen LogP contribution in [0.1, 0.15) is 45.2 Å². The van der Waals surface area contributed by atoms with Crippen molar-refractivity contribution in [2.45, 2.75) is 27.2 Å². The Hall–Kier alpha value is -4.43. The van der Waals surface area contributed by atoms with Crippen molar-refractivity contribution in [3.05, 3.63) is 99.7 Å². The molecule has 38 heavy (non-hydrogen) atoms. The summed E-state index contributed by atoms with van der Waals surface area (Å²) >= 11 is 6.28. The smallest absolute Gasteiger partial charge is 0.340 e. The molecule has 0 radical (unpaired) electrons. The monoisotopic (exact) mass is 531 g/mol. The van der Waals surface area contributed by atoms with Crippen LogP contribution >= 0.6 is 11.6 Å². The van der Waals surface area contributed by atoms with Crippen LogP contribution in [0.15, 0.2) is 77.5 Å². The highest BCUT2D eigenvalue weighted by Crippen LogP contribution is 2.32. The van der Waals surface area contributed by atoms with E-state index in [0.717, 1.165) is 16.0 Å². The summed E-state index contributed by atoms with van der Waals surface area (Å²) in [5, 5.41) is 5.39. The summed E-state index contributed by atoms with van der Waals surface area (Å²) in [6, 6.07) is 18.2. The lowest BCUT2D eigenvalue weighted by molar-refractivity contribution is -0.120. The van der Waals surface area contributed by atoms with Crippen LogP contribution in [-0.2, 0) is 14.3 Å². The third-order valence-corrected chi connectivity index (χ3v) is 6.34. The zero-order valence-corrected chi connectivity index (χ0v) is 21.9. The Morgan fingerprint density at radius 2 is 1.66 bits per heavy atom. The van der Waals surface area contributed by atoms with Gasteiger partial charge in [-0.2, -0.15) is 0 Å². The van der Waals surface area contributed by atoms with Gasteiger partial charge >= 0.3 is 5.97 Å². The third kappa shape index (κ3) is 5.45. The average Bonchev–Trinajstić information content (AvgIpc) is 3.12. The maximum Gasteiger partial charge on any atom is 0.340 e. The zero-order chi connectivity index (χ0) is 27.4. The molecule has 3 amide bonds. The van der Waals surface area contributed by atoms with E-state index >= 15 is 0 Å². The Morgan fingerprint density at radius 1 is 0.895 bits per heavy atom. The van der Waals surface area contributed by atoms with Crippen LogP contribution in [0.25, 0.3) is 0 Å². The van der Waals surface area contributed by atoms with E-state index < -0.39 is 17.8 Å². The van der Waals surface area contributed by atoms with Gasteiger partial charge in [0.2, 0.25) is 0 Å². The number of anilines is 3. The van der Waals surface area contributed by atoms with E-state index in [-0.39, 0.29) is 34.5 Å². The van der Waals surface area contributed by atoms with Gasteiger partial charge in [0.05, 0.1) is 17.9 Å². The van der Waals surface area contributed by atoms with Crippen molar-refractivity contribution >= 4 is 52.4 Å². The number of esters is 1. The van der Waals surface area contributed by atoms with Crippen LogP contribution in [0.3, 0.4) is 0 Å². The number of halogens is 1. The van der Waals surface area contributed by atoms with E-state index in [1.807, 2.05) is 39.0 Å². The van der Waals surface area contributed by atoms with Gasteiger partial charge in [-0.1, -0.05) is 42.8 Å². The minimum atomic E-state index is -0.779. The molecule has 0 aliphatic carbocycles. The summed E-state index contributed by atoms with van der Waals surface area (Å²) < 4.78 is 5.20. The van der Waals surface area contributed by atoms with Crippen LogP contribution in [0.5, 0.6) is 0 Å². The second-order valence-corrected chi connectivity index (χ2v) is 9.12. The lowest BCUT2D eigenvalue weighted by Gasteiger charge is -2.18. The van der Waals surface area contributed by atoms with Crippen molar-refractivity contribution in [3.8, 4) is 0 Å². The molecule has 0 aromatic heterocycles. The molecule has 1 aliphatic rings. The molecule has 0 atom stereocenters. The number of imide groups is 1. The van der Waals surface area contributed by atoms with Crippen molar-refractivity contribution in [1.29, 1.82) is 0 Å². The molecule has 0 fully saturated rings. The van der Waals surface area contributed by atoms with E-state index in [4.69, 9.17) is 16.3 Å². The van der Waals surface area contributed by atoms with E-state index in [1.165, 1.54) is 12.1 Å². The first-order valence-corrected chi connectivity index (χ1v) is 12.4. The number of hydrogen-bond donors (Lipinski definition) is 2. The number of carbonyl (C=O) groups is 4. The number of hydrogen-bond acceptors (Lipinski definition) is 6. The summed E-state index contributed by atoms with van der Waals surface area (Å²) in [5.41, 5.74) is 3.51. The second kappa shape index (κ2) is 11.3. The molecule has 0 saturated heterocycles. The van der Waals surface area contributed by atoms with Gasteiger partial charge in [-0.3, -0.25) is 14.4 Å². The fourth-order valence-corrected chi connectivity index (χ4v) is 4.06. The van der Waals surface area contributed by atoms with Crippen molar-refractivity contribution in [2.24, 2.45) is 0 Å². The molecule has 3 aromatic rings. The molecule has 0 bridgehead atoms. The third-order valence-electron chi connectivity index (χ3n) is 5.99. The predicted octanol–water partition coefficient (Wildman–Crippen LogP) is 5.56. The van der Waals surface area contributed by atoms with Crippen molar-refractivity contribution in [3.63, 3.8) is 0 Å². The summed E-state index contributed by atoms with van der Waals surface area (Å²) in [5.74, 6) is -2.51. The number of carbonyl (C=O) groups excluding carboxylic acids is 4. The second-order valence-electron chi connectivity index (χ2n) is 8.75. The molecule has 194 valence electrons. The fourth-order valence-electron chi connectivity index (χ4n) is 3.85. The number of rotatable bonds is 8. The lowest BCUT2D eigenvalue weighted by atomic mass is 10.1. The molecule has 0 saturated carbocycles. The van der Waals surface area contributed by atoms with E-state index in [9.17, 15) is 19.2 Å². The van der Waals surface area contributed by atoms with E-state index in [1.54, 1.807) is 36.4 Å². The van der Waals surface area contributed by atoms with Gasteiger partial charge in [-0.05, 0) is 73.9 Å². The standard InChI is InChI=1S/C29H26ClN3O5/c1-4-14-38-29(37)22-10-5-6-11-23(22)33-27(35)24(30)25(28(33)36)31-20-9-7-8-19(16-20)26(34)32-21-13-12-17(2)18(3)15-21/h5-13,15-16,31H,4,14H2,1-3H3,(H,32,34). The molecular weight excluding hydrogens is 506 g/mol. The van der Waals surface area contributed by atoms with Gasteiger partial charge in [0, 0.05) is 16.9 Å². The van der Waals surface area contributed by atoms with Crippen LogP contribution in [-0.4, -0.2) is 30.3 Å². The van der Waals surface area contributed by atoms with Crippen molar-refractivity contribution in [1.82, 2.24) is 0 Å². The molecule has 2 N–H and O–H groups in total. The number of nitrogens with one attached hydrogen (secondary N) is 2. The molecule has 0 spiro atoms. The number of ether oxygens (including phenoxy) is 1. The lowest BCUT2D eigenvalue weighted by Crippen LogP contribution is -2.33. The van der Waals surface area contributed by atoms with Gasteiger partial charge in [-0.25, -0.2) is 9.69 Å². The summed E-state index contributed by atoms with van der Waals surface area (Å²) in [6.45, 7) is 6.01. The molecular formula is C29H26ClN3O5. The van der Waals surface area contributed by atoms with Crippen LogP contribution in [0.2, 0.25) is 0 Å². The van der Waals surface area contributed by atoms with Crippen molar-refractivity contribution < 1.29 is 23.9 Å². The normalized spacial score (nSPS) is 13.1. The zero-order valence-electron chi connectivity index (χ0n) is 21.1. The molecule has 4 rings (SSSR count). The Kier molecular flexibility index (Phi) is 7.93. The summed E-state index contributed by atoms with van der Waals surface area (Å²) in [6.07, 6.45) is 0.624. The maximum absolute atomic E-state index is 13.3. The molecule has 8 nitrogen and oxygen atoms in total. The van der Waals surface area contributed by atoms with Gasteiger partial charge in [-0.15, -0.1) is 0 Å². The molecule has 1 aliphatic heterocycles.